The molecule has 0 aliphatic rings. The third kappa shape index (κ3) is 3.80. The minimum atomic E-state index is -0.370. The summed E-state index contributed by atoms with van der Waals surface area (Å²) in [6, 6.07) is 11.7. The Balaban J connectivity index is 1.73. The fourth-order valence-corrected chi connectivity index (χ4v) is 4.25. The molecule has 3 heterocycles. The maximum atomic E-state index is 13.0. The molecule has 1 N–H and O–H groups in total. The molecule has 0 saturated carbocycles. The van der Waals surface area contributed by atoms with Gasteiger partial charge in [-0.2, -0.15) is 0 Å². The monoisotopic (exact) mass is 463 g/mol. The van der Waals surface area contributed by atoms with Gasteiger partial charge < -0.3 is 22.9 Å². The van der Waals surface area contributed by atoms with Crippen molar-refractivity contribution in [1.29, 1.82) is 0 Å². The number of hydrogen-bond acceptors (Lipinski definition) is 7. The number of H-pyrrole nitrogens is 1. The van der Waals surface area contributed by atoms with Crippen LogP contribution >= 0.6 is 12.2 Å². The first kappa shape index (κ1) is 21.0. The number of nitrogens with zero attached hydrogens (tertiary/aromatic N) is 2. The van der Waals surface area contributed by atoms with Gasteiger partial charge in [0.25, 0.3) is 10.7 Å². The molecule has 0 bridgehead atoms. The van der Waals surface area contributed by atoms with Crippen LogP contribution in [0.2, 0.25) is 0 Å². The number of fused-ring (bicyclic) bond motifs is 3. The van der Waals surface area contributed by atoms with Crippen LogP contribution in [0.3, 0.4) is 0 Å². The van der Waals surface area contributed by atoms with E-state index >= 15 is 0 Å². The molecule has 2 aromatic carbocycles. The summed E-state index contributed by atoms with van der Waals surface area (Å²) >= 11 is 4.94. The maximum absolute atomic E-state index is 13.0. The summed E-state index contributed by atoms with van der Waals surface area (Å²) in [6.07, 6.45) is 3.34. The van der Waals surface area contributed by atoms with Crippen LogP contribution in [-0.4, -0.2) is 27.3 Å². The van der Waals surface area contributed by atoms with Crippen LogP contribution < -0.4 is 4.74 Å². The van der Waals surface area contributed by atoms with Crippen LogP contribution in [0.25, 0.3) is 21.7 Å². The number of benzene rings is 2. The quantitative estimate of drug-likeness (QED) is 0.250. The topological polar surface area (TPSA) is 95.4 Å². The number of esters is 1. The van der Waals surface area contributed by atoms with E-state index in [1.54, 1.807) is 19.5 Å². The average molecular weight is 464 g/mol. The van der Waals surface area contributed by atoms with Crippen LogP contribution in [0.15, 0.2) is 57.8 Å². The Morgan fingerprint density at radius 1 is 1.21 bits per heavy atom. The normalized spacial score (nSPS) is 11.3. The van der Waals surface area contributed by atoms with Gasteiger partial charge in [0.05, 0.1) is 36.8 Å². The summed E-state index contributed by atoms with van der Waals surface area (Å²) < 4.78 is 24.2. The lowest BCUT2D eigenvalue weighted by Crippen LogP contribution is -2.08. The number of carbonyl (C=O) groups excluding carboxylic acids is 1. The predicted molar refractivity (Wildman–Crippen MR) is 124 cm³/mol. The van der Waals surface area contributed by atoms with Crippen LogP contribution in [-0.2, 0) is 17.9 Å². The van der Waals surface area contributed by atoms with Crippen LogP contribution in [0, 0.1) is 11.8 Å². The number of ether oxygens (including phenoxy) is 2. The van der Waals surface area contributed by atoms with Gasteiger partial charge in [0.2, 0.25) is 0 Å². The molecule has 0 aliphatic carbocycles. The third-order valence-electron chi connectivity index (χ3n) is 5.52. The smallest absolute Gasteiger partial charge is 0.340 e. The summed E-state index contributed by atoms with van der Waals surface area (Å²) in [5.41, 5.74) is 3.25. The van der Waals surface area contributed by atoms with Crippen molar-refractivity contribution in [3.05, 3.63) is 76.5 Å². The fraction of sp³-hybridized carbons (Fsp3) is 0.208. The van der Waals surface area contributed by atoms with E-state index in [-0.39, 0.29) is 24.0 Å². The summed E-state index contributed by atoms with van der Waals surface area (Å²) in [6.45, 7) is 4.65. The highest BCUT2D eigenvalue weighted by atomic mass is 32.1. The van der Waals surface area contributed by atoms with Crippen LogP contribution in [0.4, 0.5) is 0 Å². The van der Waals surface area contributed by atoms with Crippen LogP contribution in [0.5, 0.6) is 5.75 Å². The molecule has 5 rings (SSSR count). The summed E-state index contributed by atoms with van der Waals surface area (Å²) in [7, 11) is 0. The van der Waals surface area contributed by atoms with Crippen molar-refractivity contribution in [2.24, 2.45) is 0 Å². The zero-order valence-electron chi connectivity index (χ0n) is 18.1. The molecule has 0 spiro atoms. The predicted octanol–water partition coefficient (Wildman–Crippen LogP) is 5.55. The molecule has 0 aliphatic heterocycles. The molecule has 0 amide bonds. The molecule has 0 unspecified atom stereocenters. The van der Waals surface area contributed by atoms with E-state index in [0.29, 0.717) is 23.7 Å². The van der Waals surface area contributed by atoms with Gasteiger partial charge in [0.1, 0.15) is 5.75 Å². The third-order valence-corrected chi connectivity index (χ3v) is 5.69. The Labute approximate surface area is 193 Å². The van der Waals surface area contributed by atoms with Crippen molar-refractivity contribution >= 4 is 39.9 Å². The van der Waals surface area contributed by atoms with Crippen molar-refractivity contribution in [2.75, 3.05) is 6.61 Å². The van der Waals surface area contributed by atoms with Crippen molar-refractivity contribution in [3.8, 4) is 5.75 Å². The molecule has 0 saturated heterocycles. The molecular weight excluding hydrogens is 442 g/mol. The number of aromatic amines is 1. The Bertz CT molecular complexity index is 1510. The summed E-state index contributed by atoms with van der Waals surface area (Å²) in [4.78, 5) is 13.2. The second kappa shape index (κ2) is 8.59. The van der Waals surface area contributed by atoms with E-state index in [1.165, 1.54) is 0 Å². The maximum Gasteiger partial charge on any atom is 0.340 e. The van der Waals surface area contributed by atoms with Gasteiger partial charge in [-0.15, -0.1) is 5.10 Å². The molecule has 0 atom stereocenters. The second-order valence-corrected chi connectivity index (χ2v) is 7.88. The van der Waals surface area contributed by atoms with E-state index in [9.17, 15) is 4.79 Å². The van der Waals surface area contributed by atoms with Gasteiger partial charge in [0, 0.05) is 27.4 Å². The molecule has 0 radical (unpaired) electrons. The van der Waals surface area contributed by atoms with E-state index in [0.717, 1.165) is 32.9 Å². The largest absolute Gasteiger partial charge is 0.483 e. The number of rotatable bonds is 7. The minimum absolute atomic E-state index is 0.0894. The Morgan fingerprint density at radius 2 is 2.03 bits per heavy atom. The highest BCUT2D eigenvalue weighted by Gasteiger charge is 2.24. The van der Waals surface area contributed by atoms with E-state index in [2.05, 4.69) is 14.8 Å². The number of furan rings is 1. The van der Waals surface area contributed by atoms with Gasteiger partial charge >= 0.3 is 5.97 Å². The first-order chi connectivity index (χ1) is 16.1. The van der Waals surface area contributed by atoms with E-state index in [4.69, 9.17) is 30.5 Å². The van der Waals surface area contributed by atoms with Gasteiger partial charge in [-0.25, -0.2) is 9.89 Å². The van der Waals surface area contributed by atoms with Crippen molar-refractivity contribution in [2.45, 2.75) is 27.0 Å². The molecule has 9 heteroatoms. The van der Waals surface area contributed by atoms with Gasteiger partial charge in [-0.3, -0.25) is 0 Å². The summed E-state index contributed by atoms with van der Waals surface area (Å²) in [5.74, 6) is 0.571. The molecule has 168 valence electrons. The molecular formula is C24H21N3O5S. The second-order valence-electron chi connectivity index (χ2n) is 7.51. The van der Waals surface area contributed by atoms with Crippen molar-refractivity contribution in [3.63, 3.8) is 0 Å². The molecule has 8 nitrogen and oxygen atoms in total. The van der Waals surface area contributed by atoms with Crippen LogP contribution in [0.1, 0.15) is 34.4 Å². The fourth-order valence-electron chi connectivity index (χ4n) is 4.11. The highest BCUT2D eigenvalue weighted by molar-refractivity contribution is 7.71. The molecule has 0 fully saturated rings. The van der Waals surface area contributed by atoms with E-state index in [1.807, 2.05) is 43.3 Å². The van der Waals surface area contributed by atoms with Crippen molar-refractivity contribution < 1.29 is 23.1 Å². The Hall–Kier alpha value is -3.85. The van der Waals surface area contributed by atoms with E-state index < -0.39 is 0 Å². The standard InChI is InChI=1S/C24H21N3O5S/c1-3-30-23(28)21-14(2)27(11-15-8-9-29-12-15)22-17-7-5-4-6-16(17)19(10-18(21)22)31-13-20-25-26-24(33)32-20/h4-10,12H,3,11,13H2,1-2H3,(H,26,33). The molecule has 5 aromatic rings. The zero-order valence-corrected chi connectivity index (χ0v) is 18.9. The lowest BCUT2D eigenvalue weighted by atomic mass is 10.0. The molecule has 3 aromatic heterocycles. The van der Waals surface area contributed by atoms with Gasteiger partial charge in [0.15, 0.2) is 6.61 Å². The first-order valence-corrected chi connectivity index (χ1v) is 10.9. The molecule has 33 heavy (non-hydrogen) atoms. The number of nitrogens with one attached hydrogen (secondary N) is 1. The minimum Gasteiger partial charge on any atom is -0.483 e. The van der Waals surface area contributed by atoms with Gasteiger partial charge in [-0.1, -0.05) is 24.3 Å². The Kier molecular flexibility index (Phi) is 5.47. The number of carbonyl (C=O) groups is 1. The highest BCUT2D eigenvalue weighted by Crippen LogP contribution is 2.39. The zero-order chi connectivity index (χ0) is 22.9. The summed E-state index contributed by atoms with van der Waals surface area (Å²) in [5, 5.41) is 9.20. The number of hydrogen-bond donors (Lipinski definition) is 1. The lowest BCUT2D eigenvalue weighted by Gasteiger charge is -2.12. The first-order valence-electron chi connectivity index (χ1n) is 10.5. The number of aromatic nitrogens is 3. The lowest BCUT2D eigenvalue weighted by molar-refractivity contribution is 0.0527. The Morgan fingerprint density at radius 3 is 2.73 bits per heavy atom. The SMILES string of the molecule is CCOC(=O)c1c(C)n(Cc2ccoc2)c2c1cc(OCc1n[nH]c(=S)o1)c1ccccc12. The average Bonchev–Trinajstić information content (AvgIpc) is 3.53. The van der Waals surface area contributed by atoms with Crippen molar-refractivity contribution in [1.82, 2.24) is 14.8 Å². The van der Waals surface area contributed by atoms with Gasteiger partial charge in [-0.05, 0) is 38.2 Å².